The van der Waals surface area contributed by atoms with Crippen molar-refractivity contribution in [3.05, 3.63) is 54.0 Å². The molecule has 0 aliphatic carbocycles. The first-order valence-electron chi connectivity index (χ1n) is 7.96. The van der Waals surface area contributed by atoms with Crippen LogP contribution in [0.5, 0.6) is 0 Å². The fraction of sp³-hybridized carbons (Fsp3) is 0.389. The van der Waals surface area contributed by atoms with Crippen LogP contribution in [0.4, 0.5) is 4.79 Å². The van der Waals surface area contributed by atoms with Crippen molar-refractivity contribution in [1.29, 1.82) is 0 Å². The van der Waals surface area contributed by atoms with Crippen LogP contribution in [0.3, 0.4) is 0 Å². The third kappa shape index (κ3) is 5.04. The number of carbonyl (C=O) groups excluding carboxylic acids is 1. The quantitative estimate of drug-likeness (QED) is 0.668. The highest BCUT2D eigenvalue weighted by Gasteiger charge is 2.27. The summed E-state index contributed by atoms with van der Waals surface area (Å²) in [4.78, 5) is 13.3. The lowest BCUT2D eigenvalue weighted by Gasteiger charge is -2.22. The van der Waals surface area contributed by atoms with Gasteiger partial charge in [-0.25, -0.2) is 4.79 Å². The summed E-state index contributed by atoms with van der Waals surface area (Å²) < 4.78 is 5.19. The molecular weight excluding hydrogens is 324 g/mol. The highest BCUT2D eigenvalue weighted by Crippen LogP contribution is 2.21. The molecule has 0 saturated carbocycles. The van der Waals surface area contributed by atoms with E-state index in [0.717, 1.165) is 11.3 Å². The molecule has 0 bridgehead atoms. The summed E-state index contributed by atoms with van der Waals surface area (Å²) in [6.07, 6.45) is 1.49. The molecule has 2 amide bonds. The number of rotatable bonds is 7. The fourth-order valence-corrected chi connectivity index (χ4v) is 2.94. The second kappa shape index (κ2) is 8.26. The number of hydrogen-bond acceptors (Lipinski definition) is 4. The van der Waals surface area contributed by atoms with E-state index in [2.05, 4.69) is 29.7 Å². The van der Waals surface area contributed by atoms with Gasteiger partial charge in [-0.15, -0.1) is 11.8 Å². The summed E-state index contributed by atoms with van der Waals surface area (Å²) in [5.74, 6) is 1.45. The van der Waals surface area contributed by atoms with Crippen LogP contribution in [-0.2, 0) is 5.60 Å². The summed E-state index contributed by atoms with van der Waals surface area (Å²) in [5, 5.41) is 15.9. The van der Waals surface area contributed by atoms with Gasteiger partial charge in [0.15, 0.2) is 0 Å². The van der Waals surface area contributed by atoms with Crippen molar-refractivity contribution in [3.63, 3.8) is 0 Å². The zero-order valence-corrected chi connectivity index (χ0v) is 15.0. The van der Waals surface area contributed by atoms with Gasteiger partial charge < -0.3 is 20.2 Å². The maximum Gasteiger partial charge on any atom is 0.315 e. The molecule has 0 aliphatic rings. The van der Waals surface area contributed by atoms with Crippen molar-refractivity contribution in [2.75, 3.05) is 12.3 Å². The van der Waals surface area contributed by atoms with Gasteiger partial charge in [0.2, 0.25) is 0 Å². The normalized spacial score (nSPS) is 14.7. The topological polar surface area (TPSA) is 74.5 Å². The monoisotopic (exact) mass is 348 g/mol. The summed E-state index contributed by atoms with van der Waals surface area (Å²) >= 11 is 1.78. The van der Waals surface area contributed by atoms with E-state index in [4.69, 9.17) is 4.42 Å². The Labute approximate surface area is 146 Å². The molecule has 2 aromatic rings. The number of thioether (sulfide) groups is 1. The minimum absolute atomic E-state index is 0.0607. The van der Waals surface area contributed by atoms with Crippen LogP contribution >= 0.6 is 11.8 Å². The highest BCUT2D eigenvalue weighted by atomic mass is 32.2. The van der Waals surface area contributed by atoms with Crippen LogP contribution in [0.1, 0.15) is 38.1 Å². The van der Waals surface area contributed by atoms with Crippen molar-refractivity contribution in [1.82, 2.24) is 10.6 Å². The lowest BCUT2D eigenvalue weighted by atomic mass is 10.0. The van der Waals surface area contributed by atoms with E-state index in [0.29, 0.717) is 5.76 Å². The zero-order chi connectivity index (χ0) is 17.6. The predicted molar refractivity (Wildman–Crippen MR) is 96.1 cm³/mol. The molecule has 0 fully saturated rings. The van der Waals surface area contributed by atoms with Crippen LogP contribution in [-0.4, -0.2) is 23.4 Å². The Hall–Kier alpha value is -1.92. The van der Waals surface area contributed by atoms with Crippen LogP contribution in [0.15, 0.2) is 52.0 Å². The molecule has 130 valence electrons. The Morgan fingerprint density at radius 3 is 2.62 bits per heavy atom. The van der Waals surface area contributed by atoms with Crippen molar-refractivity contribution in [2.24, 2.45) is 0 Å². The molecule has 1 heterocycles. The van der Waals surface area contributed by atoms with Crippen LogP contribution in [0.25, 0.3) is 0 Å². The van der Waals surface area contributed by atoms with Crippen molar-refractivity contribution in [2.45, 2.75) is 37.3 Å². The van der Waals surface area contributed by atoms with Gasteiger partial charge in [-0.2, -0.15) is 0 Å². The summed E-state index contributed by atoms with van der Waals surface area (Å²) in [7, 11) is 0. The number of urea groups is 1. The maximum atomic E-state index is 12.0. The molecule has 1 aromatic heterocycles. The van der Waals surface area contributed by atoms with Gasteiger partial charge in [0.05, 0.1) is 18.8 Å². The molecule has 0 aliphatic heterocycles. The highest BCUT2D eigenvalue weighted by molar-refractivity contribution is 7.99. The number of hydrogen-bond donors (Lipinski definition) is 3. The van der Waals surface area contributed by atoms with Crippen molar-refractivity contribution >= 4 is 17.8 Å². The molecule has 0 saturated heterocycles. The van der Waals surface area contributed by atoms with Gasteiger partial charge in [-0.05, 0) is 49.4 Å². The Morgan fingerprint density at radius 1 is 1.33 bits per heavy atom. The second-order valence-corrected chi connectivity index (χ2v) is 7.14. The lowest BCUT2D eigenvalue weighted by molar-refractivity contribution is 0.0366. The molecule has 0 radical (unpaired) electrons. The van der Waals surface area contributed by atoms with E-state index in [1.54, 1.807) is 30.8 Å². The minimum atomic E-state index is -1.25. The number of benzene rings is 1. The molecule has 2 rings (SSSR count). The Kier molecular flexibility index (Phi) is 6.34. The van der Waals surface area contributed by atoms with Crippen LogP contribution < -0.4 is 10.6 Å². The Morgan fingerprint density at radius 2 is 2.04 bits per heavy atom. The molecule has 2 atom stereocenters. The predicted octanol–water partition coefficient (Wildman–Crippen LogP) is 3.66. The SMILES string of the molecule is CCSc1ccc(C(C)NC(=O)NCC(C)(O)c2ccco2)cc1. The fourth-order valence-electron chi connectivity index (χ4n) is 2.27. The number of amides is 2. The molecule has 0 spiro atoms. The summed E-state index contributed by atoms with van der Waals surface area (Å²) in [6.45, 7) is 5.70. The minimum Gasteiger partial charge on any atom is -0.466 e. The maximum absolute atomic E-state index is 12.0. The van der Waals surface area contributed by atoms with E-state index >= 15 is 0 Å². The van der Waals surface area contributed by atoms with Crippen LogP contribution in [0, 0.1) is 0 Å². The molecule has 2 unspecified atom stereocenters. The first-order valence-corrected chi connectivity index (χ1v) is 8.94. The van der Waals surface area contributed by atoms with E-state index in [-0.39, 0.29) is 18.6 Å². The number of furan rings is 1. The second-order valence-electron chi connectivity index (χ2n) is 5.80. The molecule has 1 aromatic carbocycles. The summed E-state index contributed by atoms with van der Waals surface area (Å²) in [5.41, 5.74) is -0.216. The van der Waals surface area contributed by atoms with Gasteiger partial charge in [-0.1, -0.05) is 19.1 Å². The van der Waals surface area contributed by atoms with E-state index in [1.165, 1.54) is 11.2 Å². The van der Waals surface area contributed by atoms with Gasteiger partial charge in [0.1, 0.15) is 11.4 Å². The molecule has 5 nitrogen and oxygen atoms in total. The molecule has 3 N–H and O–H groups in total. The van der Waals surface area contributed by atoms with E-state index < -0.39 is 5.60 Å². The number of carbonyl (C=O) groups is 1. The Balaban J connectivity index is 1.85. The van der Waals surface area contributed by atoms with Gasteiger partial charge in [0.25, 0.3) is 0 Å². The third-order valence-corrected chi connectivity index (χ3v) is 4.58. The number of nitrogens with one attached hydrogen (secondary N) is 2. The lowest BCUT2D eigenvalue weighted by Crippen LogP contribution is -2.44. The molecule has 24 heavy (non-hydrogen) atoms. The van der Waals surface area contributed by atoms with Crippen LogP contribution in [0.2, 0.25) is 0 Å². The smallest absolute Gasteiger partial charge is 0.315 e. The molecule has 6 heteroatoms. The average Bonchev–Trinajstić information content (AvgIpc) is 3.09. The standard InChI is InChI=1S/C18H24N2O3S/c1-4-24-15-9-7-14(8-10-15)13(2)20-17(21)19-12-18(3,22)16-6-5-11-23-16/h5-11,13,22H,4,12H2,1-3H3,(H2,19,20,21). The van der Waals surface area contributed by atoms with Crippen molar-refractivity contribution in [3.8, 4) is 0 Å². The van der Waals surface area contributed by atoms with E-state index in [9.17, 15) is 9.90 Å². The van der Waals surface area contributed by atoms with Crippen molar-refractivity contribution < 1.29 is 14.3 Å². The third-order valence-electron chi connectivity index (χ3n) is 3.68. The van der Waals surface area contributed by atoms with Gasteiger partial charge >= 0.3 is 6.03 Å². The summed E-state index contributed by atoms with van der Waals surface area (Å²) in [6, 6.07) is 11.1. The largest absolute Gasteiger partial charge is 0.466 e. The first-order chi connectivity index (χ1) is 11.4. The first kappa shape index (κ1) is 18.4. The number of aliphatic hydroxyl groups is 1. The Bertz CT molecular complexity index is 639. The van der Waals surface area contributed by atoms with Gasteiger partial charge in [0, 0.05) is 4.90 Å². The zero-order valence-electron chi connectivity index (χ0n) is 14.2. The van der Waals surface area contributed by atoms with E-state index in [1.807, 2.05) is 19.1 Å². The molecular formula is C18H24N2O3S. The average molecular weight is 348 g/mol. The van der Waals surface area contributed by atoms with Gasteiger partial charge in [-0.3, -0.25) is 0 Å².